The highest BCUT2D eigenvalue weighted by atomic mass is 16.5. The van der Waals surface area contributed by atoms with E-state index in [4.69, 9.17) is 4.74 Å². The largest absolute Gasteiger partial charge is 0.489 e. The van der Waals surface area contributed by atoms with Crippen LogP contribution in [-0.2, 0) is 9.59 Å². The smallest absolute Gasteiger partial charge is 0.274 e. The molecule has 1 atom stereocenters. The van der Waals surface area contributed by atoms with Crippen LogP contribution in [0.15, 0.2) is 36.0 Å². The van der Waals surface area contributed by atoms with Crippen LogP contribution in [0.3, 0.4) is 0 Å². The molecule has 0 saturated heterocycles. The third-order valence-corrected chi connectivity index (χ3v) is 2.66. The molecule has 1 unspecified atom stereocenters. The van der Waals surface area contributed by atoms with Crippen molar-refractivity contribution >= 4 is 11.8 Å². The number of amides is 2. The van der Waals surface area contributed by atoms with E-state index < -0.39 is 5.91 Å². The van der Waals surface area contributed by atoms with Crippen molar-refractivity contribution in [3.05, 3.63) is 41.6 Å². The summed E-state index contributed by atoms with van der Waals surface area (Å²) in [6.07, 6.45) is 1.13. The summed E-state index contributed by atoms with van der Waals surface area (Å²) in [6.45, 7) is 4.33. The Labute approximate surface area is 111 Å². The molecule has 0 bridgehead atoms. The van der Waals surface area contributed by atoms with Gasteiger partial charge in [0.25, 0.3) is 11.8 Å². The van der Waals surface area contributed by atoms with E-state index in [-0.39, 0.29) is 17.7 Å². The van der Waals surface area contributed by atoms with E-state index in [0.29, 0.717) is 6.54 Å². The SMILES string of the molecule is Cc1cccc(OC(C)CNC2=CC(=O)NC2=O)c1. The third kappa shape index (κ3) is 3.58. The second kappa shape index (κ2) is 5.56. The predicted molar refractivity (Wildman–Crippen MR) is 70.5 cm³/mol. The Bertz CT molecular complexity index is 537. The number of carbonyl (C=O) groups is 2. The van der Waals surface area contributed by atoms with Crippen LogP contribution in [0.1, 0.15) is 12.5 Å². The number of benzene rings is 1. The fourth-order valence-corrected chi connectivity index (χ4v) is 1.76. The molecule has 2 rings (SSSR count). The fourth-order valence-electron chi connectivity index (χ4n) is 1.76. The molecule has 0 aromatic heterocycles. The molecule has 0 fully saturated rings. The zero-order valence-corrected chi connectivity index (χ0v) is 10.9. The van der Waals surface area contributed by atoms with Gasteiger partial charge in [-0.1, -0.05) is 12.1 Å². The molecule has 2 amide bonds. The molecule has 5 nitrogen and oxygen atoms in total. The average molecular weight is 260 g/mol. The number of aryl methyl sites for hydroxylation is 1. The van der Waals surface area contributed by atoms with E-state index in [2.05, 4.69) is 10.6 Å². The fraction of sp³-hybridized carbons (Fsp3) is 0.286. The summed E-state index contributed by atoms with van der Waals surface area (Å²) in [7, 11) is 0. The monoisotopic (exact) mass is 260 g/mol. The zero-order valence-electron chi connectivity index (χ0n) is 10.9. The molecule has 1 aliphatic rings. The molecule has 0 spiro atoms. The first-order valence-corrected chi connectivity index (χ1v) is 6.09. The molecule has 1 aromatic carbocycles. The van der Waals surface area contributed by atoms with Gasteiger partial charge in [0.2, 0.25) is 0 Å². The number of hydrogen-bond donors (Lipinski definition) is 2. The lowest BCUT2D eigenvalue weighted by Gasteiger charge is -2.16. The van der Waals surface area contributed by atoms with Gasteiger partial charge in [0.1, 0.15) is 17.6 Å². The lowest BCUT2D eigenvalue weighted by atomic mass is 10.2. The van der Waals surface area contributed by atoms with Crippen molar-refractivity contribution in [3.8, 4) is 5.75 Å². The Morgan fingerprint density at radius 3 is 2.79 bits per heavy atom. The molecular weight excluding hydrogens is 244 g/mol. The number of rotatable bonds is 5. The van der Waals surface area contributed by atoms with E-state index in [0.717, 1.165) is 11.3 Å². The van der Waals surface area contributed by atoms with Crippen LogP contribution < -0.4 is 15.4 Å². The number of hydrogen-bond acceptors (Lipinski definition) is 4. The van der Waals surface area contributed by atoms with Crippen LogP contribution in [0, 0.1) is 6.92 Å². The highest BCUT2D eigenvalue weighted by Gasteiger charge is 2.20. The van der Waals surface area contributed by atoms with Crippen LogP contribution in [0.25, 0.3) is 0 Å². The second-order valence-electron chi connectivity index (χ2n) is 4.50. The Morgan fingerprint density at radius 2 is 2.16 bits per heavy atom. The maximum atomic E-state index is 11.3. The van der Waals surface area contributed by atoms with E-state index in [1.54, 1.807) is 0 Å². The van der Waals surface area contributed by atoms with Gasteiger partial charge in [-0.25, -0.2) is 0 Å². The first-order valence-electron chi connectivity index (χ1n) is 6.09. The summed E-state index contributed by atoms with van der Waals surface area (Å²) in [4.78, 5) is 22.3. The second-order valence-corrected chi connectivity index (χ2v) is 4.50. The molecule has 0 radical (unpaired) electrons. The standard InChI is InChI=1S/C14H16N2O3/c1-9-4-3-5-11(6-9)19-10(2)8-15-12-7-13(17)16-14(12)18/h3-7,10H,8H2,1-2H3,(H2,15,16,17,18). The Morgan fingerprint density at radius 1 is 1.37 bits per heavy atom. The number of carbonyl (C=O) groups excluding carboxylic acids is 2. The van der Waals surface area contributed by atoms with Crippen LogP contribution in [0.4, 0.5) is 0 Å². The predicted octanol–water partition coefficient (Wildman–Crippen LogP) is 0.892. The van der Waals surface area contributed by atoms with Crippen molar-refractivity contribution in [2.45, 2.75) is 20.0 Å². The van der Waals surface area contributed by atoms with E-state index in [1.165, 1.54) is 6.08 Å². The summed E-state index contributed by atoms with van der Waals surface area (Å²) < 4.78 is 5.71. The molecule has 2 N–H and O–H groups in total. The maximum absolute atomic E-state index is 11.3. The number of ether oxygens (including phenoxy) is 1. The van der Waals surface area contributed by atoms with Crippen LogP contribution in [0.2, 0.25) is 0 Å². The van der Waals surface area contributed by atoms with E-state index in [1.807, 2.05) is 38.1 Å². The molecule has 0 saturated carbocycles. The average Bonchev–Trinajstić information content (AvgIpc) is 2.65. The first kappa shape index (κ1) is 13.1. The summed E-state index contributed by atoms with van der Waals surface area (Å²) in [6, 6.07) is 7.75. The van der Waals surface area contributed by atoms with Crippen LogP contribution >= 0.6 is 0 Å². The van der Waals surface area contributed by atoms with Crippen molar-refractivity contribution in [1.82, 2.24) is 10.6 Å². The lowest BCUT2D eigenvalue weighted by molar-refractivity contribution is -0.124. The van der Waals surface area contributed by atoms with Gasteiger partial charge in [-0.3, -0.25) is 14.9 Å². The minimum atomic E-state index is -0.396. The summed E-state index contributed by atoms with van der Waals surface area (Å²) >= 11 is 0. The molecule has 1 aromatic rings. The van der Waals surface area contributed by atoms with E-state index >= 15 is 0 Å². The molecule has 1 heterocycles. The van der Waals surface area contributed by atoms with Crippen molar-refractivity contribution in [1.29, 1.82) is 0 Å². The Balaban J connectivity index is 1.85. The maximum Gasteiger partial charge on any atom is 0.274 e. The van der Waals surface area contributed by atoms with Crippen molar-refractivity contribution in [2.75, 3.05) is 6.54 Å². The minimum Gasteiger partial charge on any atom is -0.489 e. The molecule has 1 aliphatic heterocycles. The topological polar surface area (TPSA) is 67.4 Å². The Kier molecular flexibility index (Phi) is 3.85. The van der Waals surface area contributed by atoms with Gasteiger partial charge in [0.15, 0.2) is 0 Å². The van der Waals surface area contributed by atoms with Gasteiger partial charge in [-0.15, -0.1) is 0 Å². The van der Waals surface area contributed by atoms with Gasteiger partial charge in [0, 0.05) is 6.08 Å². The van der Waals surface area contributed by atoms with Gasteiger partial charge < -0.3 is 10.1 Å². The van der Waals surface area contributed by atoms with Crippen LogP contribution in [0.5, 0.6) is 5.75 Å². The number of nitrogens with one attached hydrogen (secondary N) is 2. The van der Waals surface area contributed by atoms with Gasteiger partial charge in [-0.05, 0) is 31.5 Å². The van der Waals surface area contributed by atoms with Gasteiger partial charge in [-0.2, -0.15) is 0 Å². The highest BCUT2D eigenvalue weighted by Crippen LogP contribution is 2.14. The normalized spacial score (nSPS) is 15.8. The molecular formula is C14H16N2O3. The molecule has 0 aliphatic carbocycles. The van der Waals surface area contributed by atoms with Crippen LogP contribution in [-0.4, -0.2) is 24.5 Å². The molecule has 100 valence electrons. The van der Waals surface area contributed by atoms with Crippen molar-refractivity contribution < 1.29 is 14.3 Å². The van der Waals surface area contributed by atoms with Gasteiger partial charge >= 0.3 is 0 Å². The van der Waals surface area contributed by atoms with E-state index in [9.17, 15) is 9.59 Å². The van der Waals surface area contributed by atoms with Crippen molar-refractivity contribution in [3.63, 3.8) is 0 Å². The quantitative estimate of drug-likeness (QED) is 0.772. The number of imide groups is 1. The van der Waals surface area contributed by atoms with Gasteiger partial charge in [0.05, 0.1) is 6.54 Å². The molecule has 19 heavy (non-hydrogen) atoms. The first-order chi connectivity index (χ1) is 9.04. The lowest BCUT2D eigenvalue weighted by Crippen LogP contribution is -2.33. The molecule has 5 heteroatoms. The van der Waals surface area contributed by atoms with Crippen molar-refractivity contribution in [2.24, 2.45) is 0 Å². The summed E-state index contributed by atoms with van der Waals surface area (Å²) in [5, 5.41) is 5.07. The zero-order chi connectivity index (χ0) is 13.8. The third-order valence-electron chi connectivity index (χ3n) is 2.66. The Hall–Kier alpha value is -2.30. The summed E-state index contributed by atoms with van der Waals surface area (Å²) in [5.41, 5.74) is 1.41. The minimum absolute atomic E-state index is 0.119. The summed E-state index contributed by atoms with van der Waals surface area (Å²) in [5.74, 6) is 0.00254. The highest BCUT2D eigenvalue weighted by molar-refractivity contribution is 6.15.